The SMILES string of the molecule is CC12CNC(=O)C1C2. The van der Waals surface area contributed by atoms with Gasteiger partial charge in [-0.3, -0.25) is 4.79 Å². The molecule has 2 atom stereocenters. The van der Waals surface area contributed by atoms with Gasteiger partial charge in [0.05, 0.1) is 0 Å². The Balaban J connectivity index is 2.26. The first-order chi connectivity index (χ1) is 3.72. The first-order valence-corrected chi connectivity index (χ1v) is 3.00. The Hall–Kier alpha value is -0.530. The fourth-order valence-electron chi connectivity index (χ4n) is 1.42. The van der Waals surface area contributed by atoms with Crippen LogP contribution in [-0.4, -0.2) is 12.5 Å². The van der Waals surface area contributed by atoms with Gasteiger partial charge in [-0.15, -0.1) is 0 Å². The van der Waals surface area contributed by atoms with Gasteiger partial charge in [-0.2, -0.15) is 0 Å². The lowest BCUT2D eigenvalue weighted by molar-refractivity contribution is -0.120. The largest absolute Gasteiger partial charge is 0.355 e. The fraction of sp³-hybridized carbons (Fsp3) is 0.833. The number of hydrogen-bond acceptors (Lipinski definition) is 1. The van der Waals surface area contributed by atoms with Crippen LogP contribution < -0.4 is 5.32 Å². The number of carbonyl (C=O) groups is 1. The van der Waals surface area contributed by atoms with Crippen molar-refractivity contribution in [2.75, 3.05) is 6.54 Å². The number of rotatable bonds is 0. The minimum atomic E-state index is 0.271. The molecule has 1 N–H and O–H groups in total. The van der Waals surface area contributed by atoms with Gasteiger partial charge in [0.25, 0.3) is 0 Å². The maximum absolute atomic E-state index is 10.7. The first-order valence-electron chi connectivity index (χ1n) is 3.00. The van der Waals surface area contributed by atoms with E-state index >= 15 is 0 Å². The van der Waals surface area contributed by atoms with E-state index in [-0.39, 0.29) is 5.91 Å². The van der Waals surface area contributed by atoms with Gasteiger partial charge in [0, 0.05) is 12.5 Å². The predicted molar refractivity (Wildman–Crippen MR) is 29.2 cm³/mol. The van der Waals surface area contributed by atoms with Gasteiger partial charge < -0.3 is 5.32 Å². The van der Waals surface area contributed by atoms with Crippen LogP contribution in [0.1, 0.15) is 13.3 Å². The van der Waals surface area contributed by atoms with E-state index in [0.717, 1.165) is 13.0 Å². The molecule has 1 amide bonds. The average Bonchev–Trinajstić information content (AvgIpc) is 2.32. The number of hydrogen-bond donors (Lipinski definition) is 1. The zero-order valence-electron chi connectivity index (χ0n) is 4.90. The highest BCUT2D eigenvalue weighted by molar-refractivity contribution is 5.85. The third kappa shape index (κ3) is 0.320. The number of amides is 1. The van der Waals surface area contributed by atoms with Crippen LogP contribution in [0.5, 0.6) is 0 Å². The van der Waals surface area contributed by atoms with E-state index in [1.807, 2.05) is 0 Å². The number of carbonyl (C=O) groups excluding carboxylic acids is 1. The molecule has 1 saturated carbocycles. The standard InChI is InChI=1S/C6H9NO/c1-6-2-4(6)5(8)7-3-6/h4H,2-3H2,1H3,(H,7,8). The minimum Gasteiger partial charge on any atom is -0.355 e. The van der Waals surface area contributed by atoms with Gasteiger partial charge in [0.1, 0.15) is 0 Å². The molecule has 0 aromatic carbocycles. The second-order valence-electron chi connectivity index (χ2n) is 3.13. The molecule has 0 spiro atoms. The van der Waals surface area contributed by atoms with Gasteiger partial charge >= 0.3 is 0 Å². The van der Waals surface area contributed by atoms with E-state index in [2.05, 4.69) is 12.2 Å². The van der Waals surface area contributed by atoms with Crippen LogP contribution in [0.4, 0.5) is 0 Å². The molecule has 2 nitrogen and oxygen atoms in total. The van der Waals surface area contributed by atoms with Crippen LogP contribution in [0.25, 0.3) is 0 Å². The van der Waals surface area contributed by atoms with E-state index in [4.69, 9.17) is 0 Å². The van der Waals surface area contributed by atoms with Crippen LogP contribution in [0, 0.1) is 11.3 Å². The first kappa shape index (κ1) is 4.36. The molecule has 0 aromatic heterocycles. The van der Waals surface area contributed by atoms with Crippen molar-refractivity contribution in [3.8, 4) is 0 Å². The molecular formula is C6H9NO. The molecule has 2 unspecified atom stereocenters. The second kappa shape index (κ2) is 0.925. The predicted octanol–water partition coefficient (Wildman–Crippen LogP) is 0.142. The Morgan fingerprint density at radius 1 is 1.88 bits per heavy atom. The van der Waals surface area contributed by atoms with Crippen molar-refractivity contribution < 1.29 is 4.79 Å². The van der Waals surface area contributed by atoms with Gasteiger partial charge in [0.2, 0.25) is 5.91 Å². The molecule has 2 aliphatic rings. The Kier molecular flexibility index (Phi) is 0.504. The molecule has 2 rings (SSSR count). The number of piperidine rings is 1. The minimum absolute atomic E-state index is 0.271. The topological polar surface area (TPSA) is 29.1 Å². The summed E-state index contributed by atoms with van der Waals surface area (Å²) in [5.41, 5.74) is 0.372. The molecule has 1 heterocycles. The molecule has 0 bridgehead atoms. The molecule has 0 radical (unpaired) electrons. The maximum Gasteiger partial charge on any atom is 0.223 e. The zero-order valence-corrected chi connectivity index (χ0v) is 4.90. The fourth-order valence-corrected chi connectivity index (χ4v) is 1.42. The molecule has 1 saturated heterocycles. The highest BCUT2D eigenvalue weighted by atomic mass is 16.2. The van der Waals surface area contributed by atoms with Crippen molar-refractivity contribution >= 4 is 5.91 Å². The Bertz CT molecular complexity index is 155. The summed E-state index contributed by atoms with van der Waals surface area (Å²) in [5, 5.41) is 2.82. The van der Waals surface area contributed by atoms with Crippen molar-refractivity contribution in [2.24, 2.45) is 11.3 Å². The highest BCUT2D eigenvalue weighted by Gasteiger charge is 2.58. The smallest absolute Gasteiger partial charge is 0.223 e. The van der Waals surface area contributed by atoms with Gasteiger partial charge in [-0.1, -0.05) is 6.92 Å². The summed E-state index contributed by atoms with van der Waals surface area (Å²) >= 11 is 0. The molecular weight excluding hydrogens is 102 g/mol. The van der Waals surface area contributed by atoms with Crippen LogP contribution in [0.3, 0.4) is 0 Å². The zero-order chi connectivity index (χ0) is 5.78. The van der Waals surface area contributed by atoms with Crippen LogP contribution in [-0.2, 0) is 4.79 Å². The van der Waals surface area contributed by atoms with E-state index < -0.39 is 0 Å². The van der Waals surface area contributed by atoms with Crippen molar-refractivity contribution in [1.82, 2.24) is 5.32 Å². The summed E-state index contributed by atoms with van der Waals surface area (Å²) in [4.78, 5) is 10.7. The normalized spacial score (nSPS) is 50.6. The molecule has 44 valence electrons. The van der Waals surface area contributed by atoms with Gasteiger partial charge in [0.15, 0.2) is 0 Å². The van der Waals surface area contributed by atoms with E-state index in [1.165, 1.54) is 0 Å². The summed E-state index contributed by atoms with van der Waals surface area (Å²) in [7, 11) is 0. The summed E-state index contributed by atoms with van der Waals surface area (Å²) in [6, 6.07) is 0. The Morgan fingerprint density at radius 3 is 2.75 bits per heavy atom. The molecule has 2 fully saturated rings. The van der Waals surface area contributed by atoms with Crippen LogP contribution >= 0.6 is 0 Å². The molecule has 8 heavy (non-hydrogen) atoms. The van der Waals surface area contributed by atoms with Crippen molar-refractivity contribution in [3.05, 3.63) is 0 Å². The third-order valence-electron chi connectivity index (χ3n) is 2.33. The summed E-state index contributed by atoms with van der Waals surface area (Å²) < 4.78 is 0. The Labute approximate surface area is 48.3 Å². The van der Waals surface area contributed by atoms with Crippen molar-refractivity contribution in [2.45, 2.75) is 13.3 Å². The van der Waals surface area contributed by atoms with Crippen LogP contribution in [0.15, 0.2) is 0 Å². The lowest BCUT2D eigenvalue weighted by atomic mass is 10.1. The molecule has 1 aliphatic heterocycles. The maximum atomic E-state index is 10.7. The van der Waals surface area contributed by atoms with Crippen LogP contribution in [0.2, 0.25) is 0 Å². The van der Waals surface area contributed by atoms with E-state index in [0.29, 0.717) is 11.3 Å². The lowest BCUT2D eigenvalue weighted by Crippen LogP contribution is -2.19. The van der Waals surface area contributed by atoms with E-state index in [9.17, 15) is 4.79 Å². The van der Waals surface area contributed by atoms with Crippen molar-refractivity contribution in [3.63, 3.8) is 0 Å². The Morgan fingerprint density at radius 2 is 2.62 bits per heavy atom. The molecule has 2 heteroatoms. The molecule has 1 aliphatic carbocycles. The van der Waals surface area contributed by atoms with Crippen molar-refractivity contribution in [1.29, 1.82) is 0 Å². The highest BCUT2D eigenvalue weighted by Crippen LogP contribution is 2.54. The summed E-state index contributed by atoms with van der Waals surface area (Å²) in [6.07, 6.45) is 1.12. The lowest BCUT2D eigenvalue weighted by Gasteiger charge is -1.97. The quantitative estimate of drug-likeness (QED) is 0.473. The number of fused-ring (bicyclic) bond motifs is 1. The summed E-state index contributed by atoms with van der Waals surface area (Å²) in [5.74, 6) is 0.648. The van der Waals surface area contributed by atoms with E-state index in [1.54, 1.807) is 0 Å². The van der Waals surface area contributed by atoms with Gasteiger partial charge in [-0.25, -0.2) is 0 Å². The van der Waals surface area contributed by atoms with Gasteiger partial charge in [-0.05, 0) is 11.8 Å². The monoisotopic (exact) mass is 111 g/mol. The third-order valence-corrected chi connectivity index (χ3v) is 2.33. The molecule has 0 aromatic rings. The number of nitrogens with one attached hydrogen (secondary N) is 1. The summed E-state index contributed by atoms with van der Waals surface area (Å²) in [6.45, 7) is 3.08. The second-order valence-corrected chi connectivity index (χ2v) is 3.13. The average molecular weight is 111 g/mol.